The van der Waals surface area contributed by atoms with E-state index in [1.807, 2.05) is 13.8 Å². The molecule has 0 saturated heterocycles. The van der Waals surface area contributed by atoms with Crippen LogP contribution in [0.1, 0.15) is 25.1 Å². The summed E-state index contributed by atoms with van der Waals surface area (Å²) in [5.74, 6) is -0.610. The fourth-order valence-corrected chi connectivity index (χ4v) is 2.75. The van der Waals surface area contributed by atoms with Gasteiger partial charge in [-0.05, 0) is 35.7 Å². The molecule has 0 saturated carbocycles. The van der Waals surface area contributed by atoms with Crippen molar-refractivity contribution < 1.29 is 22.4 Å². The number of amides is 1. The van der Waals surface area contributed by atoms with E-state index in [4.69, 9.17) is 0 Å². The number of hydrogen-bond donors (Lipinski definition) is 1. The average Bonchev–Trinajstić information content (AvgIpc) is 2.92. The monoisotopic (exact) mass is 394 g/mol. The molecule has 28 heavy (non-hydrogen) atoms. The van der Waals surface area contributed by atoms with Gasteiger partial charge in [-0.15, -0.1) is 0 Å². The van der Waals surface area contributed by atoms with E-state index in [2.05, 4.69) is 15.3 Å². The maximum Gasteiger partial charge on any atom is 0.433 e. The van der Waals surface area contributed by atoms with Crippen LogP contribution in [0, 0.1) is 11.7 Å². The first-order valence-corrected chi connectivity index (χ1v) is 8.62. The minimum Gasteiger partial charge on any atom is -0.296 e. The van der Waals surface area contributed by atoms with Crippen molar-refractivity contribution in [2.24, 2.45) is 5.92 Å². The van der Waals surface area contributed by atoms with Crippen molar-refractivity contribution in [2.45, 2.75) is 33.0 Å². The summed E-state index contributed by atoms with van der Waals surface area (Å²) in [7, 11) is 0. The van der Waals surface area contributed by atoms with Crippen LogP contribution < -0.4 is 5.32 Å². The summed E-state index contributed by atoms with van der Waals surface area (Å²) < 4.78 is 53.5. The molecule has 3 aromatic rings. The molecular weight excluding hydrogens is 376 g/mol. The lowest BCUT2D eigenvalue weighted by atomic mass is 10.1. The molecule has 0 aliphatic rings. The quantitative estimate of drug-likeness (QED) is 0.652. The van der Waals surface area contributed by atoms with E-state index in [1.165, 1.54) is 34.9 Å². The van der Waals surface area contributed by atoms with Gasteiger partial charge in [0.25, 0.3) is 0 Å². The third-order valence-electron chi connectivity index (χ3n) is 3.96. The topological polar surface area (TPSA) is 59.8 Å². The van der Waals surface area contributed by atoms with Crippen LogP contribution in [0.15, 0.2) is 36.4 Å². The lowest BCUT2D eigenvalue weighted by molar-refractivity contribution is -0.141. The molecule has 0 unspecified atom stereocenters. The van der Waals surface area contributed by atoms with Gasteiger partial charge < -0.3 is 0 Å². The third kappa shape index (κ3) is 4.47. The highest BCUT2D eigenvalue weighted by molar-refractivity contribution is 5.92. The number of anilines is 1. The Balaban J connectivity index is 1.92. The molecular formula is C19H18F4N4O. The number of nitrogens with one attached hydrogen (secondary N) is 1. The second-order valence-electron chi connectivity index (χ2n) is 6.83. The highest BCUT2D eigenvalue weighted by Crippen LogP contribution is 2.30. The zero-order valence-corrected chi connectivity index (χ0v) is 15.2. The fraction of sp³-hybridized carbons (Fsp3) is 0.316. The number of carbonyl (C=O) groups is 1. The molecule has 0 fully saturated rings. The molecule has 1 amide bonds. The number of hydrogen-bond acceptors (Lipinski definition) is 3. The van der Waals surface area contributed by atoms with Crippen molar-refractivity contribution in [1.82, 2.24) is 14.5 Å². The predicted octanol–water partition coefficient (Wildman–Crippen LogP) is 4.43. The molecule has 1 N–H and O–H groups in total. The number of rotatable bonds is 5. The summed E-state index contributed by atoms with van der Waals surface area (Å²) in [6.45, 7) is 4.12. The van der Waals surface area contributed by atoms with Crippen LogP contribution in [0.4, 0.5) is 23.5 Å². The van der Waals surface area contributed by atoms with Crippen molar-refractivity contribution in [3.8, 4) is 0 Å². The number of alkyl halides is 3. The second-order valence-corrected chi connectivity index (χ2v) is 6.83. The number of benzene rings is 1. The molecule has 5 nitrogen and oxygen atoms in total. The number of carbonyl (C=O) groups excluding carboxylic acids is 1. The Morgan fingerprint density at radius 2 is 1.79 bits per heavy atom. The highest BCUT2D eigenvalue weighted by Gasteiger charge is 2.33. The van der Waals surface area contributed by atoms with Gasteiger partial charge in [0.05, 0.1) is 6.42 Å². The Hall–Kier alpha value is -2.97. The number of nitrogens with zero attached hydrogens (tertiary/aromatic N) is 3. The van der Waals surface area contributed by atoms with E-state index in [-0.39, 0.29) is 29.5 Å². The average molecular weight is 394 g/mol. The van der Waals surface area contributed by atoms with Crippen LogP contribution in [0.5, 0.6) is 0 Å². The van der Waals surface area contributed by atoms with Gasteiger partial charge >= 0.3 is 6.18 Å². The first kappa shape index (κ1) is 19.8. The Kier molecular flexibility index (Phi) is 5.35. The van der Waals surface area contributed by atoms with Crippen molar-refractivity contribution in [3.05, 3.63) is 53.5 Å². The van der Waals surface area contributed by atoms with Crippen molar-refractivity contribution in [1.29, 1.82) is 0 Å². The van der Waals surface area contributed by atoms with Crippen LogP contribution in [0.2, 0.25) is 0 Å². The summed E-state index contributed by atoms with van der Waals surface area (Å²) in [6.07, 6.45) is -4.60. The minimum absolute atomic E-state index is 0.0214. The number of fused-ring (bicyclic) bond motifs is 1. The van der Waals surface area contributed by atoms with Gasteiger partial charge in [0.15, 0.2) is 5.65 Å². The number of pyridine rings is 1. The van der Waals surface area contributed by atoms with Gasteiger partial charge in [-0.1, -0.05) is 26.0 Å². The zero-order valence-electron chi connectivity index (χ0n) is 15.2. The molecule has 0 radical (unpaired) electrons. The summed E-state index contributed by atoms with van der Waals surface area (Å²) in [5, 5.41) is 2.62. The Morgan fingerprint density at radius 1 is 1.11 bits per heavy atom. The standard InChI is InChI=1S/C19H18F4N4O/c1-11(2)10-27-17-14(7-8-15(25-17)19(21,22)23)24-18(27)26-16(28)9-12-3-5-13(20)6-4-12/h3-8,11H,9-10H2,1-2H3,(H,24,26,28). The zero-order chi connectivity index (χ0) is 20.5. The van der Waals surface area contributed by atoms with Gasteiger partial charge in [-0.25, -0.2) is 14.4 Å². The van der Waals surface area contributed by atoms with Crippen LogP contribution in [-0.4, -0.2) is 20.4 Å². The Bertz CT molecular complexity index is 994. The Morgan fingerprint density at radius 3 is 2.39 bits per heavy atom. The predicted molar refractivity (Wildman–Crippen MR) is 96.1 cm³/mol. The van der Waals surface area contributed by atoms with Gasteiger partial charge in [0.2, 0.25) is 11.9 Å². The SMILES string of the molecule is CC(C)Cn1c(NC(=O)Cc2ccc(F)cc2)nc2ccc(C(F)(F)F)nc21. The summed E-state index contributed by atoms with van der Waals surface area (Å²) >= 11 is 0. The molecule has 0 bridgehead atoms. The van der Waals surface area contributed by atoms with Crippen LogP contribution in [0.3, 0.4) is 0 Å². The summed E-state index contributed by atoms with van der Waals surface area (Å²) in [4.78, 5) is 20.3. The maximum absolute atomic E-state index is 13.0. The molecule has 9 heteroatoms. The van der Waals surface area contributed by atoms with Crippen LogP contribution >= 0.6 is 0 Å². The summed E-state index contributed by atoms with van der Waals surface area (Å²) in [5.41, 5.74) is -0.108. The number of aromatic nitrogens is 3. The molecule has 2 heterocycles. The molecule has 3 rings (SSSR count). The molecule has 0 spiro atoms. The molecule has 0 atom stereocenters. The molecule has 0 aliphatic heterocycles. The van der Waals surface area contributed by atoms with Crippen molar-refractivity contribution >= 4 is 23.0 Å². The van der Waals surface area contributed by atoms with E-state index < -0.39 is 23.6 Å². The van der Waals surface area contributed by atoms with Crippen LogP contribution in [-0.2, 0) is 23.9 Å². The van der Waals surface area contributed by atoms with Crippen molar-refractivity contribution in [3.63, 3.8) is 0 Å². The maximum atomic E-state index is 13.0. The van der Waals surface area contributed by atoms with E-state index in [1.54, 1.807) is 0 Å². The number of imidazole rings is 1. The summed E-state index contributed by atoms with van der Waals surface area (Å²) in [6, 6.07) is 7.57. The molecule has 1 aromatic carbocycles. The van der Waals surface area contributed by atoms with Gasteiger partial charge in [0, 0.05) is 6.54 Å². The van der Waals surface area contributed by atoms with E-state index in [9.17, 15) is 22.4 Å². The third-order valence-corrected chi connectivity index (χ3v) is 3.96. The van der Waals surface area contributed by atoms with Gasteiger partial charge in [-0.3, -0.25) is 14.7 Å². The van der Waals surface area contributed by atoms with Gasteiger partial charge in [0.1, 0.15) is 17.0 Å². The fourth-order valence-electron chi connectivity index (χ4n) is 2.75. The van der Waals surface area contributed by atoms with E-state index in [0.717, 1.165) is 6.07 Å². The van der Waals surface area contributed by atoms with Gasteiger partial charge in [-0.2, -0.15) is 13.2 Å². The van der Waals surface area contributed by atoms with Crippen LogP contribution in [0.25, 0.3) is 11.2 Å². The highest BCUT2D eigenvalue weighted by atomic mass is 19.4. The normalized spacial score (nSPS) is 12.0. The lowest BCUT2D eigenvalue weighted by Crippen LogP contribution is -2.19. The van der Waals surface area contributed by atoms with Crippen molar-refractivity contribution in [2.75, 3.05) is 5.32 Å². The van der Waals surface area contributed by atoms with E-state index >= 15 is 0 Å². The molecule has 0 aliphatic carbocycles. The largest absolute Gasteiger partial charge is 0.433 e. The second kappa shape index (κ2) is 7.57. The Labute approximate surface area is 158 Å². The molecule has 148 valence electrons. The first-order chi connectivity index (χ1) is 13.1. The molecule has 2 aromatic heterocycles. The first-order valence-electron chi connectivity index (χ1n) is 8.62. The van der Waals surface area contributed by atoms with E-state index in [0.29, 0.717) is 12.1 Å². The number of halogens is 4. The lowest BCUT2D eigenvalue weighted by Gasteiger charge is -2.12. The smallest absolute Gasteiger partial charge is 0.296 e. The minimum atomic E-state index is -4.58.